The maximum absolute atomic E-state index is 12.3. The van der Waals surface area contributed by atoms with Crippen molar-refractivity contribution < 1.29 is 23.8 Å². The van der Waals surface area contributed by atoms with Gasteiger partial charge in [0, 0.05) is 12.0 Å². The average molecular weight is 442 g/mol. The Balaban J connectivity index is 1.92. The number of nitrogens with zero attached hydrogens (tertiary/aromatic N) is 1. The van der Waals surface area contributed by atoms with Crippen LogP contribution in [-0.4, -0.2) is 24.4 Å². The van der Waals surface area contributed by atoms with Gasteiger partial charge in [-0.1, -0.05) is 44.5 Å². The molecule has 2 aromatic rings. The van der Waals surface area contributed by atoms with Crippen LogP contribution >= 0.6 is 11.6 Å². The number of hydrogen-bond acceptors (Lipinski definition) is 6. The van der Waals surface area contributed by atoms with Gasteiger partial charge in [0.05, 0.1) is 11.6 Å². The fourth-order valence-electron chi connectivity index (χ4n) is 2.92. The Morgan fingerprint density at radius 3 is 2.52 bits per heavy atom. The molecule has 0 aliphatic carbocycles. The van der Waals surface area contributed by atoms with Gasteiger partial charge >= 0.3 is 11.9 Å². The highest BCUT2D eigenvalue weighted by Gasteiger charge is 2.25. The highest BCUT2D eigenvalue weighted by Crippen LogP contribution is 2.38. The normalized spacial score (nSPS) is 14.6. The number of aliphatic imine (C=N–C) groups is 1. The summed E-state index contributed by atoms with van der Waals surface area (Å²) >= 11 is 6.32. The molecule has 2 aromatic carbocycles. The first-order valence-corrected chi connectivity index (χ1v) is 10.5. The van der Waals surface area contributed by atoms with Crippen molar-refractivity contribution in [2.24, 2.45) is 4.99 Å². The van der Waals surface area contributed by atoms with Gasteiger partial charge in [0.25, 0.3) is 0 Å². The van der Waals surface area contributed by atoms with Crippen molar-refractivity contribution in [1.29, 1.82) is 0 Å². The van der Waals surface area contributed by atoms with E-state index in [2.05, 4.69) is 18.8 Å². The maximum Gasteiger partial charge on any atom is 0.363 e. The van der Waals surface area contributed by atoms with E-state index in [9.17, 15) is 9.59 Å². The van der Waals surface area contributed by atoms with Crippen LogP contribution in [0.3, 0.4) is 0 Å². The van der Waals surface area contributed by atoms with Crippen molar-refractivity contribution in [3.8, 4) is 11.5 Å². The summed E-state index contributed by atoms with van der Waals surface area (Å²) in [6.45, 7) is 8.06. The summed E-state index contributed by atoms with van der Waals surface area (Å²) in [7, 11) is 0. The fraction of sp³-hybridized carbons (Fsp3) is 0.292. The summed E-state index contributed by atoms with van der Waals surface area (Å²) in [4.78, 5) is 28.4. The molecule has 0 radical (unpaired) electrons. The van der Waals surface area contributed by atoms with Crippen molar-refractivity contribution in [3.63, 3.8) is 0 Å². The van der Waals surface area contributed by atoms with Crippen LogP contribution < -0.4 is 9.47 Å². The number of benzene rings is 2. The molecule has 0 saturated heterocycles. The van der Waals surface area contributed by atoms with Gasteiger partial charge in [0.1, 0.15) is 0 Å². The number of carbonyl (C=O) groups excluding carboxylic acids is 2. The Bertz CT molecular complexity index is 1050. The van der Waals surface area contributed by atoms with Crippen molar-refractivity contribution >= 4 is 35.5 Å². The molecule has 1 heterocycles. The summed E-state index contributed by atoms with van der Waals surface area (Å²) in [5.41, 5.74) is 2.61. The molecule has 1 aliphatic heterocycles. The van der Waals surface area contributed by atoms with Gasteiger partial charge in [-0.15, -0.1) is 0 Å². The summed E-state index contributed by atoms with van der Waals surface area (Å²) in [6, 6.07) is 11.0. The number of rotatable bonds is 7. The van der Waals surface area contributed by atoms with Crippen LogP contribution in [0.4, 0.5) is 0 Å². The van der Waals surface area contributed by atoms with E-state index in [4.69, 9.17) is 25.8 Å². The molecule has 7 heteroatoms. The maximum atomic E-state index is 12.3. The summed E-state index contributed by atoms with van der Waals surface area (Å²) in [5, 5.41) is 0.194. The molecular formula is C24H24ClNO5. The first-order chi connectivity index (χ1) is 14.8. The molecule has 0 unspecified atom stereocenters. The Morgan fingerprint density at radius 1 is 1.19 bits per heavy atom. The molecule has 1 aliphatic rings. The Labute approximate surface area is 186 Å². The second kappa shape index (κ2) is 9.79. The number of ether oxygens (including phenoxy) is 3. The average Bonchev–Trinajstić information content (AvgIpc) is 3.10. The molecule has 0 saturated carbocycles. The topological polar surface area (TPSA) is 74.2 Å². The highest BCUT2D eigenvalue weighted by molar-refractivity contribution is 6.32. The van der Waals surface area contributed by atoms with Crippen LogP contribution in [-0.2, 0) is 14.3 Å². The van der Waals surface area contributed by atoms with E-state index in [0.29, 0.717) is 23.8 Å². The SMILES string of the molecule is CCOc1cc(/C=C2\N=C(c3ccc(C(C)C)cc3)OC2=O)cc(Cl)c1OC(=O)CC. The molecule has 31 heavy (non-hydrogen) atoms. The van der Waals surface area contributed by atoms with E-state index in [0.717, 1.165) is 5.56 Å². The van der Waals surface area contributed by atoms with Gasteiger partial charge in [-0.3, -0.25) is 4.79 Å². The molecule has 6 nitrogen and oxygen atoms in total. The molecule has 0 N–H and O–H groups in total. The monoisotopic (exact) mass is 441 g/mol. The minimum atomic E-state index is -0.557. The molecule has 0 spiro atoms. The van der Waals surface area contributed by atoms with Gasteiger partial charge in [-0.2, -0.15) is 0 Å². The second-order valence-corrected chi connectivity index (χ2v) is 7.61. The molecule has 0 amide bonds. The van der Waals surface area contributed by atoms with Gasteiger partial charge in [-0.05, 0) is 54.3 Å². The molecule has 0 atom stereocenters. The van der Waals surface area contributed by atoms with Gasteiger partial charge in [0.15, 0.2) is 17.2 Å². The Hall–Kier alpha value is -3.12. The van der Waals surface area contributed by atoms with Gasteiger partial charge < -0.3 is 14.2 Å². The third-order valence-electron chi connectivity index (χ3n) is 4.58. The second-order valence-electron chi connectivity index (χ2n) is 7.20. The Morgan fingerprint density at radius 2 is 1.90 bits per heavy atom. The summed E-state index contributed by atoms with van der Waals surface area (Å²) < 4.78 is 16.2. The van der Waals surface area contributed by atoms with Crippen LogP contribution in [0.25, 0.3) is 6.08 Å². The Kier molecular flexibility index (Phi) is 7.13. The van der Waals surface area contributed by atoms with E-state index < -0.39 is 11.9 Å². The first kappa shape index (κ1) is 22.6. The number of halogens is 1. The molecule has 0 bridgehead atoms. The lowest BCUT2D eigenvalue weighted by Gasteiger charge is -2.13. The number of esters is 2. The van der Waals surface area contributed by atoms with Crippen molar-refractivity contribution in [2.75, 3.05) is 6.61 Å². The zero-order valence-electron chi connectivity index (χ0n) is 17.9. The molecule has 0 aromatic heterocycles. The fourth-order valence-corrected chi connectivity index (χ4v) is 3.18. The van der Waals surface area contributed by atoms with Crippen LogP contribution in [0.2, 0.25) is 5.02 Å². The van der Waals surface area contributed by atoms with Gasteiger partial charge in [0.2, 0.25) is 5.90 Å². The standard InChI is InChI=1S/C24H24ClNO5/c1-5-21(27)30-22-18(25)11-15(13-20(22)29-6-2)12-19-24(28)31-23(26-19)17-9-7-16(8-10-17)14(3)4/h7-14H,5-6H2,1-4H3/b19-12-. The van der Waals surface area contributed by atoms with Crippen LogP contribution in [0.5, 0.6) is 11.5 Å². The lowest BCUT2D eigenvalue weighted by atomic mass is 10.0. The third kappa shape index (κ3) is 5.33. The lowest BCUT2D eigenvalue weighted by molar-refractivity contribution is -0.134. The van der Waals surface area contributed by atoms with Gasteiger partial charge in [-0.25, -0.2) is 9.79 Å². The molecule has 162 valence electrons. The smallest absolute Gasteiger partial charge is 0.363 e. The number of carbonyl (C=O) groups is 2. The van der Waals surface area contributed by atoms with Crippen molar-refractivity contribution in [3.05, 3.63) is 63.8 Å². The highest BCUT2D eigenvalue weighted by atomic mass is 35.5. The van der Waals surface area contributed by atoms with E-state index in [1.165, 1.54) is 5.56 Å². The third-order valence-corrected chi connectivity index (χ3v) is 4.87. The minimum Gasteiger partial charge on any atom is -0.490 e. The number of cyclic esters (lactones) is 1. The predicted molar refractivity (Wildman–Crippen MR) is 120 cm³/mol. The zero-order chi connectivity index (χ0) is 22.5. The molecule has 3 rings (SSSR count). The minimum absolute atomic E-state index is 0.139. The van der Waals surface area contributed by atoms with Crippen LogP contribution in [0.15, 0.2) is 47.1 Å². The van der Waals surface area contributed by atoms with Crippen molar-refractivity contribution in [2.45, 2.75) is 40.0 Å². The summed E-state index contributed by atoms with van der Waals surface area (Å²) in [5.74, 6) is 0.131. The first-order valence-electron chi connectivity index (χ1n) is 10.1. The zero-order valence-corrected chi connectivity index (χ0v) is 18.7. The lowest BCUT2D eigenvalue weighted by Crippen LogP contribution is -2.08. The van der Waals surface area contributed by atoms with E-state index in [1.54, 1.807) is 32.1 Å². The predicted octanol–water partition coefficient (Wildman–Crippen LogP) is 5.52. The summed E-state index contributed by atoms with van der Waals surface area (Å²) in [6.07, 6.45) is 1.76. The number of hydrogen-bond donors (Lipinski definition) is 0. The van der Waals surface area contributed by atoms with E-state index in [1.807, 2.05) is 24.3 Å². The van der Waals surface area contributed by atoms with Crippen molar-refractivity contribution in [1.82, 2.24) is 0 Å². The largest absolute Gasteiger partial charge is 0.490 e. The quantitative estimate of drug-likeness (QED) is 0.321. The van der Waals surface area contributed by atoms with E-state index >= 15 is 0 Å². The van der Waals surface area contributed by atoms with Crippen LogP contribution in [0, 0.1) is 0 Å². The molecular weight excluding hydrogens is 418 g/mol. The van der Waals surface area contributed by atoms with Crippen LogP contribution in [0.1, 0.15) is 56.7 Å². The van der Waals surface area contributed by atoms with E-state index in [-0.39, 0.29) is 28.8 Å². The molecule has 0 fully saturated rings.